The second-order valence-corrected chi connectivity index (χ2v) is 8.75. The predicted molar refractivity (Wildman–Crippen MR) is 129 cm³/mol. The first-order chi connectivity index (χ1) is 15.3. The van der Waals surface area contributed by atoms with Crippen LogP contribution in [0.4, 0.5) is 0 Å². The van der Waals surface area contributed by atoms with Crippen molar-refractivity contribution in [2.45, 2.75) is 45.1 Å². The van der Waals surface area contributed by atoms with Crippen LogP contribution in [0.25, 0.3) is 10.8 Å². The van der Waals surface area contributed by atoms with Gasteiger partial charge in [-0.05, 0) is 67.6 Å². The molecule has 0 spiro atoms. The van der Waals surface area contributed by atoms with Crippen molar-refractivity contribution < 1.29 is 14.7 Å². The number of hydrogen-bond donors (Lipinski definition) is 3. The van der Waals surface area contributed by atoms with Gasteiger partial charge in [0.25, 0.3) is 0 Å². The molecule has 1 amide bonds. The molecule has 0 bridgehead atoms. The first-order valence-corrected chi connectivity index (χ1v) is 11.1. The summed E-state index contributed by atoms with van der Waals surface area (Å²) < 4.78 is 0. The molecule has 3 rings (SSSR count). The van der Waals surface area contributed by atoms with Crippen LogP contribution in [0, 0.1) is 0 Å². The van der Waals surface area contributed by atoms with Crippen LogP contribution in [0.5, 0.6) is 0 Å². The van der Waals surface area contributed by atoms with E-state index in [4.69, 9.17) is 5.11 Å². The lowest BCUT2D eigenvalue weighted by molar-refractivity contribution is -0.138. The Morgan fingerprint density at radius 2 is 1.66 bits per heavy atom. The highest BCUT2D eigenvalue weighted by molar-refractivity contribution is 5.89. The van der Waals surface area contributed by atoms with Crippen LogP contribution in [0.1, 0.15) is 49.9 Å². The minimum atomic E-state index is -1.05. The Morgan fingerprint density at radius 3 is 2.38 bits per heavy atom. The molecule has 5 heteroatoms. The van der Waals surface area contributed by atoms with Gasteiger partial charge in [-0.15, -0.1) is 0 Å². The average Bonchev–Trinajstić information content (AvgIpc) is 2.80. The molecule has 1 atom stereocenters. The lowest BCUT2D eigenvalue weighted by atomic mass is 9.83. The fourth-order valence-corrected chi connectivity index (χ4v) is 3.95. The lowest BCUT2D eigenvalue weighted by Crippen LogP contribution is -2.42. The van der Waals surface area contributed by atoms with Gasteiger partial charge >= 0.3 is 5.97 Å². The molecule has 0 saturated heterocycles. The average molecular weight is 433 g/mol. The van der Waals surface area contributed by atoms with Crippen molar-refractivity contribution in [3.63, 3.8) is 0 Å². The van der Waals surface area contributed by atoms with Gasteiger partial charge in [0.1, 0.15) is 6.54 Å². The second kappa shape index (κ2) is 10.4. The number of nitrogens with one attached hydrogen (secondary N) is 2. The normalized spacial score (nSPS) is 12.5. The van der Waals surface area contributed by atoms with E-state index >= 15 is 0 Å². The Balaban J connectivity index is 1.51. The summed E-state index contributed by atoms with van der Waals surface area (Å²) in [5.74, 6) is -1.34. The molecule has 168 valence electrons. The summed E-state index contributed by atoms with van der Waals surface area (Å²) in [4.78, 5) is 23.0. The van der Waals surface area contributed by atoms with Crippen LogP contribution in [-0.4, -0.2) is 30.1 Å². The van der Waals surface area contributed by atoms with Crippen molar-refractivity contribution >= 4 is 22.6 Å². The van der Waals surface area contributed by atoms with Crippen molar-refractivity contribution in [2.75, 3.05) is 13.1 Å². The summed E-state index contributed by atoms with van der Waals surface area (Å²) in [5.41, 5.74) is 2.61. The molecule has 32 heavy (non-hydrogen) atoms. The molecule has 3 aromatic carbocycles. The highest BCUT2D eigenvalue weighted by Crippen LogP contribution is 2.25. The number of amides is 1. The number of aryl methyl sites for hydroxylation is 1. The molecule has 0 radical (unpaired) electrons. The Morgan fingerprint density at radius 1 is 0.969 bits per heavy atom. The number of fused-ring (bicyclic) bond motifs is 1. The SMILES string of the molecule is C[C@@H](NCCCc1ccc(C(C)(C)C(=O)NCC(=O)O)cc1)c1cccc2ccccc12. The summed E-state index contributed by atoms with van der Waals surface area (Å²) in [6, 6.07) is 23.2. The van der Waals surface area contributed by atoms with Crippen LogP contribution >= 0.6 is 0 Å². The van der Waals surface area contributed by atoms with Crippen molar-refractivity contribution in [3.05, 3.63) is 83.4 Å². The van der Waals surface area contributed by atoms with E-state index in [0.717, 1.165) is 24.9 Å². The molecule has 0 heterocycles. The Labute approximate surface area is 189 Å². The maximum Gasteiger partial charge on any atom is 0.322 e. The maximum atomic E-state index is 12.3. The molecular formula is C27H32N2O3. The molecule has 0 fully saturated rings. The summed E-state index contributed by atoms with van der Waals surface area (Å²) in [7, 11) is 0. The zero-order valence-corrected chi connectivity index (χ0v) is 19.0. The van der Waals surface area contributed by atoms with Gasteiger partial charge in [-0.3, -0.25) is 9.59 Å². The zero-order valence-electron chi connectivity index (χ0n) is 19.0. The van der Waals surface area contributed by atoms with Gasteiger partial charge in [-0.2, -0.15) is 0 Å². The van der Waals surface area contributed by atoms with Gasteiger partial charge in [-0.1, -0.05) is 66.7 Å². The monoisotopic (exact) mass is 432 g/mol. The van der Waals surface area contributed by atoms with E-state index in [1.165, 1.54) is 21.9 Å². The fourth-order valence-electron chi connectivity index (χ4n) is 3.95. The molecule has 0 aliphatic heterocycles. The highest BCUT2D eigenvalue weighted by Gasteiger charge is 2.29. The maximum absolute atomic E-state index is 12.3. The number of hydrogen-bond acceptors (Lipinski definition) is 3. The van der Waals surface area contributed by atoms with Crippen molar-refractivity contribution in [1.29, 1.82) is 0 Å². The summed E-state index contributed by atoms with van der Waals surface area (Å²) in [6.07, 6.45) is 1.96. The first-order valence-electron chi connectivity index (χ1n) is 11.1. The van der Waals surface area contributed by atoms with E-state index in [0.29, 0.717) is 0 Å². The van der Waals surface area contributed by atoms with Crippen molar-refractivity contribution in [2.24, 2.45) is 0 Å². The van der Waals surface area contributed by atoms with Gasteiger partial charge in [-0.25, -0.2) is 0 Å². The van der Waals surface area contributed by atoms with E-state index in [2.05, 4.69) is 72.2 Å². The molecule has 3 aromatic rings. The number of benzene rings is 3. The van der Waals surface area contributed by atoms with Gasteiger partial charge in [0.05, 0.1) is 5.41 Å². The van der Waals surface area contributed by atoms with E-state index in [9.17, 15) is 9.59 Å². The molecule has 0 aliphatic carbocycles. The highest BCUT2D eigenvalue weighted by atomic mass is 16.4. The zero-order chi connectivity index (χ0) is 23.1. The van der Waals surface area contributed by atoms with Crippen LogP contribution in [-0.2, 0) is 21.4 Å². The van der Waals surface area contributed by atoms with Gasteiger partial charge in [0.15, 0.2) is 0 Å². The van der Waals surface area contributed by atoms with Gasteiger partial charge in [0.2, 0.25) is 5.91 Å². The van der Waals surface area contributed by atoms with Crippen LogP contribution in [0.2, 0.25) is 0 Å². The largest absolute Gasteiger partial charge is 0.480 e. The van der Waals surface area contributed by atoms with E-state index in [1.807, 2.05) is 12.1 Å². The standard InChI is InChI=1S/C27H32N2O3/c1-19(23-12-6-10-21-9-4-5-11-24(21)23)28-17-7-8-20-13-15-22(16-14-20)27(2,3)26(32)29-18-25(30)31/h4-6,9-16,19,28H,7-8,17-18H2,1-3H3,(H,29,32)(H,30,31)/t19-/m1/s1. The summed E-state index contributed by atoms with van der Waals surface area (Å²) in [6.45, 7) is 6.35. The number of aliphatic carboxylic acids is 1. The van der Waals surface area contributed by atoms with Crippen molar-refractivity contribution in [3.8, 4) is 0 Å². The van der Waals surface area contributed by atoms with Crippen molar-refractivity contribution in [1.82, 2.24) is 10.6 Å². The van der Waals surface area contributed by atoms with Gasteiger partial charge < -0.3 is 15.7 Å². The lowest BCUT2D eigenvalue weighted by Gasteiger charge is -2.24. The van der Waals surface area contributed by atoms with Gasteiger partial charge in [0, 0.05) is 6.04 Å². The minimum Gasteiger partial charge on any atom is -0.480 e. The summed E-state index contributed by atoms with van der Waals surface area (Å²) in [5, 5.41) is 17.4. The minimum absolute atomic E-state index is 0.272. The van der Waals surface area contributed by atoms with E-state index in [1.54, 1.807) is 13.8 Å². The topological polar surface area (TPSA) is 78.4 Å². The second-order valence-electron chi connectivity index (χ2n) is 8.75. The smallest absolute Gasteiger partial charge is 0.322 e. The Kier molecular flexibility index (Phi) is 7.65. The van der Waals surface area contributed by atoms with Crippen LogP contribution < -0.4 is 10.6 Å². The molecule has 0 aromatic heterocycles. The number of carbonyl (C=O) groups is 2. The third-order valence-corrected chi connectivity index (χ3v) is 6.03. The predicted octanol–water partition coefficient (Wildman–Crippen LogP) is 4.60. The fraction of sp³-hybridized carbons (Fsp3) is 0.333. The van der Waals surface area contributed by atoms with E-state index < -0.39 is 11.4 Å². The first kappa shape index (κ1) is 23.5. The molecule has 0 unspecified atom stereocenters. The van der Waals surface area contributed by atoms with Crippen LogP contribution in [0.3, 0.4) is 0 Å². The van der Waals surface area contributed by atoms with Crippen LogP contribution in [0.15, 0.2) is 66.7 Å². The Hall–Kier alpha value is -3.18. The number of carbonyl (C=O) groups excluding carboxylic acids is 1. The third-order valence-electron chi connectivity index (χ3n) is 6.03. The molecular weight excluding hydrogens is 400 g/mol. The Bertz CT molecular complexity index is 1070. The molecule has 0 saturated carbocycles. The van der Waals surface area contributed by atoms with E-state index in [-0.39, 0.29) is 18.5 Å². The molecule has 3 N–H and O–H groups in total. The third kappa shape index (κ3) is 5.74. The molecule has 5 nitrogen and oxygen atoms in total. The number of carboxylic acid groups (broad SMARTS) is 1. The number of rotatable bonds is 10. The number of carboxylic acids is 1. The molecule has 0 aliphatic rings. The quantitative estimate of drug-likeness (QED) is 0.409. The summed E-state index contributed by atoms with van der Waals surface area (Å²) >= 11 is 0.